The van der Waals surface area contributed by atoms with E-state index in [1.54, 1.807) is 0 Å². The predicted octanol–water partition coefficient (Wildman–Crippen LogP) is 0.265. The second-order valence-electron chi connectivity index (χ2n) is 15.5. The summed E-state index contributed by atoms with van der Waals surface area (Å²) in [6, 6.07) is 0.533. The van der Waals surface area contributed by atoms with E-state index in [4.69, 9.17) is 9.47 Å². The highest BCUT2D eigenvalue weighted by Gasteiger charge is 2.40. The summed E-state index contributed by atoms with van der Waals surface area (Å²) in [5.41, 5.74) is 0. The molecule has 3 aliphatic carbocycles. The van der Waals surface area contributed by atoms with Crippen LogP contribution in [-0.2, 0) is 19.1 Å². The Labute approximate surface area is 275 Å². The highest BCUT2D eigenvalue weighted by Crippen LogP contribution is 2.37. The molecule has 46 heavy (non-hydrogen) atoms. The molecule has 7 unspecified atom stereocenters. The summed E-state index contributed by atoms with van der Waals surface area (Å²) < 4.78 is 11.9. The van der Waals surface area contributed by atoms with Crippen LogP contribution >= 0.6 is 0 Å². The van der Waals surface area contributed by atoms with Crippen LogP contribution in [0.2, 0.25) is 0 Å². The molecule has 12 heteroatoms. The number of ether oxygens (including phenoxy) is 2. The fraction of sp³-hybridized carbons (Fsp3) is 0.941. The van der Waals surface area contributed by atoms with Gasteiger partial charge in [0.05, 0.1) is 44.0 Å². The van der Waals surface area contributed by atoms with E-state index in [1.807, 2.05) is 4.90 Å². The summed E-state index contributed by atoms with van der Waals surface area (Å²) in [4.78, 5) is 33.0. The Bertz CT molecular complexity index is 1020. The largest absolute Gasteiger partial charge is 0.390 e. The van der Waals surface area contributed by atoms with Gasteiger partial charge in [0.1, 0.15) is 0 Å². The first-order valence-corrected chi connectivity index (χ1v) is 18.6. The fourth-order valence-corrected chi connectivity index (χ4v) is 8.80. The van der Waals surface area contributed by atoms with E-state index in [-0.39, 0.29) is 36.2 Å². The van der Waals surface area contributed by atoms with Crippen LogP contribution in [0, 0.1) is 23.7 Å². The zero-order valence-electron chi connectivity index (χ0n) is 27.8. The second kappa shape index (κ2) is 15.4. The van der Waals surface area contributed by atoms with Crippen molar-refractivity contribution in [2.75, 3.05) is 72.2 Å². The maximum absolute atomic E-state index is 13.5. The smallest absolute Gasteiger partial charge is 0.225 e. The van der Waals surface area contributed by atoms with Gasteiger partial charge in [0.2, 0.25) is 11.8 Å². The van der Waals surface area contributed by atoms with E-state index in [9.17, 15) is 14.7 Å². The number of carbonyl (C=O) groups excluding carboxylic acids is 2. The van der Waals surface area contributed by atoms with Crippen molar-refractivity contribution in [3.63, 3.8) is 0 Å². The van der Waals surface area contributed by atoms with Gasteiger partial charge in [-0.3, -0.25) is 30.4 Å². The van der Waals surface area contributed by atoms with Crippen molar-refractivity contribution >= 4 is 11.8 Å². The first-order chi connectivity index (χ1) is 22.5. The molecule has 3 saturated carbocycles. The molecule has 4 heterocycles. The van der Waals surface area contributed by atoms with Crippen LogP contribution in [0.3, 0.4) is 0 Å². The predicted molar refractivity (Wildman–Crippen MR) is 173 cm³/mol. The Balaban J connectivity index is 0.841. The number of carbonyl (C=O) groups is 2. The minimum absolute atomic E-state index is 0.0596. The lowest BCUT2D eigenvalue weighted by atomic mass is 9.74. The van der Waals surface area contributed by atoms with Crippen LogP contribution in [-0.4, -0.2) is 141 Å². The number of hydrogen-bond acceptors (Lipinski definition) is 10. The van der Waals surface area contributed by atoms with E-state index < -0.39 is 6.10 Å². The Kier molecular flexibility index (Phi) is 11.1. The van der Waals surface area contributed by atoms with Gasteiger partial charge in [0.15, 0.2) is 0 Å². The average molecular weight is 646 g/mol. The van der Waals surface area contributed by atoms with E-state index in [1.165, 1.54) is 25.7 Å². The Morgan fingerprint density at radius 3 is 2.52 bits per heavy atom. The topological polar surface area (TPSA) is 131 Å². The highest BCUT2D eigenvalue weighted by molar-refractivity contribution is 5.81. The van der Waals surface area contributed by atoms with E-state index in [0.29, 0.717) is 56.3 Å². The number of aliphatic hydroxyl groups excluding tert-OH is 1. The molecule has 8 atom stereocenters. The Morgan fingerprint density at radius 2 is 1.78 bits per heavy atom. The van der Waals surface area contributed by atoms with Crippen molar-refractivity contribution in [2.24, 2.45) is 23.7 Å². The lowest BCUT2D eigenvalue weighted by molar-refractivity contribution is -0.135. The van der Waals surface area contributed by atoms with Crippen molar-refractivity contribution in [1.29, 1.82) is 0 Å². The normalized spacial score (nSPS) is 37.0. The molecule has 260 valence electrons. The molecule has 7 fully saturated rings. The third kappa shape index (κ3) is 8.61. The Hall–Kier alpha value is -1.38. The van der Waals surface area contributed by atoms with Crippen molar-refractivity contribution in [3.8, 4) is 0 Å². The summed E-state index contributed by atoms with van der Waals surface area (Å²) in [5.74, 6) is 1.93. The minimum Gasteiger partial charge on any atom is -0.390 e. The van der Waals surface area contributed by atoms with Crippen molar-refractivity contribution in [2.45, 2.75) is 107 Å². The standard InChI is InChI=1S/C34H59N7O5/c42-28(20-39-9-8-24-14-29(7-6-25(24)19-39)45-21-30-18-35-22-46-30)17-36-33(43)26-15-31(37-27-2-1-3-27)38-32(16-26)40-10-12-41(13-11-40)34(44)23-4-5-23/h23-32,35,37-38,42H,1-22H2,(H,36,43)/t24?,25?,26?,28-,29?,30?,31?,32?/m0/s1. The number of nitrogens with zero attached hydrogens (tertiary/aromatic N) is 3. The summed E-state index contributed by atoms with van der Waals surface area (Å²) in [6.07, 6.45) is 12.1. The van der Waals surface area contributed by atoms with E-state index in [0.717, 1.165) is 90.8 Å². The van der Waals surface area contributed by atoms with Crippen molar-refractivity contribution < 1.29 is 24.2 Å². The number of likely N-dealkylation sites (tertiary alicyclic amines) is 1. The molecule has 0 aromatic heterocycles. The third-order valence-corrected chi connectivity index (χ3v) is 12.0. The van der Waals surface area contributed by atoms with Crippen LogP contribution in [0.5, 0.6) is 0 Å². The highest BCUT2D eigenvalue weighted by atomic mass is 16.5. The van der Waals surface area contributed by atoms with Gasteiger partial charge in [0, 0.05) is 70.2 Å². The first kappa shape index (κ1) is 33.1. The summed E-state index contributed by atoms with van der Waals surface area (Å²) in [7, 11) is 0. The zero-order valence-corrected chi connectivity index (χ0v) is 27.8. The van der Waals surface area contributed by atoms with Crippen LogP contribution in [0.15, 0.2) is 0 Å². The number of β-amino-alcohol motifs (C(OH)–C–C–N with tert-alkyl or cyclic N) is 1. The molecule has 2 amide bonds. The molecule has 4 saturated heterocycles. The number of amides is 2. The number of aliphatic hydroxyl groups is 1. The van der Waals surface area contributed by atoms with Gasteiger partial charge < -0.3 is 29.7 Å². The molecule has 7 rings (SSSR count). The Morgan fingerprint density at radius 1 is 0.935 bits per heavy atom. The molecule has 0 aromatic carbocycles. The summed E-state index contributed by atoms with van der Waals surface area (Å²) in [5, 5.41) is 24.9. The van der Waals surface area contributed by atoms with E-state index >= 15 is 0 Å². The van der Waals surface area contributed by atoms with Crippen molar-refractivity contribution in [3.05, 3.63) is 0 Å². The van der Waals surface area contributed by atoms with Crippen LogP contribution in [0.25, 0.3) is 0 Å². The number of fused-ring (bicyclic) bond motifs is 1. The zero-order chi connectivity index (χ0) is 31.5. The maximum atomic E-state index is 13.5. The lowest BCUT2D eigenvalue weighted by Crippen LogP contribution is -2.64. The molecule has 0 spiro atoms. The number of piperidine rings is 2. The average Bonchev–Trinajstić information content (AvgIpc) is 3.78. The van der Waals surface area contributed by atoms with Gasteiger partial charge >= 0.3 is 0 Å². The molecule has 12 nitrogen and oxygen atoms in total. The second-order valence-corrected chi connectivity index (χ2v) is 15.5. The monoisotopic (exact) mass is 645 g/mol. The molecular formula is C34H59N7O5. The number of hydrogen-bond donors (Lipinski definition) is 5. The molecule has 0 aromatic rings. The fourth-order valence-electron chi connectivity index (χ4n) is 8.80. The third-order valence-electron chi connectivity index (χ3n) is 12.0. The van der Waals surface area contributed by atoms with Crippen LogP contribution < -0.4 is 21.3 Å². The lowest BCUT2D eigenvalue weighted by Gasteiger charge is -2.46. The number of piperazine rings is 1. The summed E-state index contributed by atoms with van der Waals surface area (Å²) >= 11 is 0. The molecule has 0 bridgehead atoms. The summed E-state index contributed by atoms with van der Waals surface area (Å²) in [6.45, 7) is 8.39. The molecule has 0 radical (unpaired) electrons. The van der Waals surface area contributed by atoms with Crippen molar-refractivity contribution in [1.82, 2.24) is 36.0 Å². The minimum atomic E-state index is -0.571. The first-order valence-electron chi connectivity index (χ1n) is 18.6. The van der Waals surface area contributed by atoms with Gasteiger partial charge in [-0.05, 0) is 82.6 Å². The molecule has 5 N–H and O–H groups in total. The van der Waals surface area contributed by atoms with E-state index in [2.05, 4.69) is 31.1 Å². The number of rotatable bonds is 12. The van der Waals surface area contributed by atoms with Gasteiger partial charge in [-0.1, -0.05) is 6.42 Å². The van der Waals surface area contributed by atoms with Gasteiger partial charge in [-0.15, -0.1) is 0 Å². The van der Waals surface area contributed by atoms with Gasteiger partial charge in [-0.25, -0.2) is 0 Å². The molecule has 7 aliphatic rings. The molecule has 4 aliphatic heterocycles. The number of nitrogens with one attached hydrogen (secondary N) is 4. The SMILES string of the molecule is O=C(NC[C@H](O)CN1CCC2CC(OCC3CNCO3)CCC2C1)C1CC(NC2CCC2)NC(N2CCN(C(=O)C3CC3)CC2)C1. The van der Waals surface area contributed by atoms with Crippen LogP contribution in [0.4, 0.5) is 0 Å². The molecular weight excluding hydrogens is 586 g/mol. The van der Waals surface area contributed by atoms with Gasteiger partial charge in [0.25, 0.3) is 0 Å². The van der Waals surface area contributed by atoms with Crippen LogP contribution in [0.1, 0.15) is 70.6 Å². The quantitative estimate of drug-likeness (QED) is 0.202. The maximum Gasteiger partial charge on any atom is 0.225 e. The van der Waals surface area contributed by atoms with Gasteiger partial charge in [-0.2, -0.15) is 0 Å².